The Kier molecular flexibility index (Phi) is 15.1. The molecule has 16 heteroatoms. The van der Waals surface area contributed by atoms with Gasteiger partial charge in [-0.3, -0.25) is 9.36 Å². The van der Waals surface area contributed by atoms with E-state index in [1.807, 2.05) is 47.0 Å². The van der Waals surface area contributed by atoms with Crippen LogP contribution >= 0.6 is 0 Å². The first-order valence-electron chi connectivity index (χ1n) is 25.3. The molecule has 76 heavy (non-hydrogen) atoms. The highest BCUT2D eigenvalue weighted by Gasteiger charge is 2.27. The van der Waals surface area contributed by atoms with Gasteiger partial charge in [-0.05, 0) is 122 Å². The molecule has 0 radical (unpaired) electrons. The molecular weight excluding hydrogens is 959 g/mol. The van der Waals surface area contributed by atoms with Crippen molar-refractivity contribution in [2.45, 2.75) is 52.0 Å². The van der Waals surface area contributed by atoms with Gasteiger partial charge >= 0.3 is 17.9 Å². The van der Waals surface area contributed by atoms with Crippen LogP contribution in [0.25, 0.3) is 32.7 Å². The third kappa shape index (κ3) is 10.3. The number of likely N-dealkylation sites (N-methyl/N-ethyl adjacent to an activating group) is 3. The van der Waals surface area contributed by atoms with Gasteiger partial charge in [0.15, 0.2) is 0 Å². The number of benzene rings is 6. The van der Waals surface area contributed by atoms with Crippen LogP contribution in [0.2, 0.25) is 0 Å². The minimum Gasteiger partial charge on any atom is -0.370 e. The van der Waals surface area contributed by atoms with Crippen LogP contribution in [-0.4, -0.2) is 93.0 Å². The summed E-state index contributed by atoms with van der Waals surface area (Å²) in [5.41, 5.74) is 15.5. The smallest absolute Gasteiger partial charge is 0.356 e. The van der Waals surface area contributed by atoms with E-state index in [1.54, 1.807) is 48.5 Å². The molecule has 6 N–H and O–H groups in total. The molecule has 0 atom stereocenters. The zero-order valence-electron chi connectivity index (χ0n) is 42.9. The topological polar surface area (TPSA) is 199 Å². The Bertz CT molecular complexity index is 3610. The number of hydrogen-bond acceptors (Lipinski definition) is 13. The Morgan fingerprint density at radius 2 is 0.776 bits per heavy atom. The summed E-state index contributed by atoms with van der Waals surface area (Å²) >= 11 is 0. The normalized spacial score (nSPS) is 14.4. The summed E-state index contributed by atoms with van der Waals surface area (Å²) in [7, 11) is 6.43. The van der Waals surface area contributed by atoms with Crippen molar-refractivity contribution in [3.05, 3.63) is 213 Å². The number of carbonyl (C=O) groups excluding carboxylic acids is 4. The minimum atomic E-state index is -0.629. The third-order valence-corrected chi connectivity index (χ3v) is 14.9. The van der Waals surface area contributed by atoms with Crippen molar-refractivity contribution < 1.29 is 33.7 Å². The fourth-order valence-corrected chi connectivity index (χ4v) is 11.0. The molecule has 3 aliphatic rings. The maximum atomic E-state index is 13.2. The standard InChI is InChI=1S/C20H19N3O3.2C20H21N3O2/c1-22-11-10-18-16(12-22)15-4-2-3-5-17(15)23(18)19(24)13-6-8-14(9-7-13)20(25)26-21;1-22-11-10-19-17(13-22)16-4-2-3-5-18(16)23(19)12-14-6-8-15(9-7-14)20(24)25-21;1-22-11-10-17-16-4-2-3-5-18(16)23(19(17)13-22)12-14-6-8-15(9-7-14)20(24)25-21/h2-9H,10-12,21H2,1H3;2*2-9H,10-13,21H2,1H3. The second-order valence-corrected chi connectivity index (χ2v) is 19.8. The Labute approximate surface area is 440 Å². The lowest BCUT2D eigenvalue weighted by Crippen LogP contribution is -2.28. The van der Waals surface area contributed by atoms with Crippen molar-refractivity contribution in [3.8, 4) is 0 Å². The molecule has 388 valence electrons. The molecular formula is C60H61N9O7. The van der Waals surface area contributed by atoms with Crippen molar-refractivity contribution in [1.82, 2.24) is 28.4 Å². The summed E-state index contributed by atoms with van der Waals surface area (Å²) in [6.07, 6.45) is 2.96. The fourth-order valence-electron chi connectivity index (χ4n) is 11.0. The molecule has 0 unspecified atom stereocenters. The van der Waals surface area contributed by atoms with E-state index >= 15 is 0 Å². The van der Waals surface area contributed by atoms with E-state index in [1.165, 1.54) is 49.9 Å². The first-order valence-corrected chi connectivity index (χ1v) is 25.3. The number of fused-ring (bicyclic) bond motifs is 9. The highest BCUT2D eigenvalue weighted by atomic mass is 16.7. The van der Waals surface area contributed by atoms with E-state index in [0.29, 0.717) is 22.3 Å². The van der Waals surface area contributed by atoms with Gasteiger partial charge in [0.1, 0.15) is 0 Å². The van der Waals surface area contributed by atoms with Crippen LogP contribution in [0.4, 0.5) is 0 Å². The van der Waals surface area contributed by atoms with Crippen LogP contribution in [0.3, 0.4) is 0 Å². The number of hydrogen-bond donors (Lipinski definition) is 3. The van der Waals surface area contributed by atoms with Crippen LogP contribution in [0.15, 0.2) is 146 Å². The van der Waals surface area contributed by atoms with E-state index in [-0.39, 0.29) is 5.91 Å². The van der Waals surface area contributed by atoms with Gasteiger partial charge in [0.05, 0.1) is 22.2 Å². The van der Waals surface area contributed by atoms with E-state index < -0.39 is 17.9 Å². The SMILES string of the molecule is CN1CCc2c(c3ccccc3n2C(=O)c2ccc(C(=O)ON)cc2)C1.CN1CCc2c(c3ccccc3n2Cc2ccc(C(=O)ON)cc2)C1.CN1CCc2c(n(Cc3ccc(C(=O)ON)cc3)c3ccccc23)C1. The van der Waals surface area contributed by atoms with Gasteiger partial charge in [-0.1, -0.05) is 78.9 Å². The summed E-state index contributed by atoms with van der Waals surface area (Å²) in [4.78, 5) is 67.4. The second kappa shape index (κ2) is 22.3. The van der Waals surface area contributed by atoms with E-state index in [0.717, 1.165) is 99.3 Å². The van der Waals surface area contributed by atoms with Crippen molar-refractivity contribution in [3.63, 3.8) is 0 Å². The third-order valence-electron chi connectivity index (χ3n) is 14.9. The minimum absolute atomic E-state index is 0.0975. The molecule has 16 nitrogen and oxygen atoms in total. The molecule has 6 heterocycles. The molecule has 3 aliphatic heterocycles. The van der Waals surface area contributed by atoms with Gasteiger partial charge < -0.3 is 38.3 Å². The summed E-state index contributed by atoms with van der Waals surface area (Å²) < 4.78 is 6.62. The van der Waals surface area contributed by atoms with Crippen LogP contribution in [0.5, 0.6) is 0 Å². The largest absolute Gasteiger partial charge is 0.370 e. The molecule has 0 saturated heterocycles. The molecule has 3 aromatic heterocycles. The maximum Gasteiger partial charge on any atom is 0.356 e. The molecule has 0 spiro atoms. The fraction of sp³-hybridized carbons (Fsp3) is 0.233. The van der Waals surface area contributed by atoms with E-state index in [4.69, 9.17) is 17.7 Å². The summed E-state index contributed by atoms with van der Waals surface area (Å²) in [6, 6.07) is 46.4. The van der Waals surface area contributed by atoms with Crippen molar-refractivity contribution in [1.29, 1.82) is 0 Å². The number of aromatic nitrogens is 3. The van der Waals surface area contributed by atoms with Crippen molar-refractivity contribution in [2.75, 3.05) is 40.8 Å². The Morgan fingerprint density at radius 1 is 0.408 bits per heavy atom. The number of para-hydroxylation sites is 3. The Balaban J connectivity index is 0.000000130. The first kappa shape index (κ1) is 51.3. The van der Waals surface area contributed by atoms with Crippen LogP contribution < -0.4 is 17.7 Å². The van der Waals surface area contributed by atoms with Gasteiger partial charge in [-0.2, -0.15) is 17.7 Å². The highest BCUT2D eigenvalue weighted by molar-refractivity contribution is 6.04. The molecule has 0 aliphatic carbocycles. The molecule has 9 aromatic rings. The number of nitrogens with zero attached hydrogens (tertiary/aromatic N) is 6. The lowest BCUT2D eigenvalue weighted by molar-refractivity contribution is 0.0495. The van der Waals surface area contributed by atoms with Gasteiger partial charge in [0, 0.05) is 115 Å². The van der Waals surface area contributed by atoms with Crippen LogP contribution in [-0.2, 0) is 66.5 Å². The van der Waals surface area contributed by atoms with E-state index in [2.05, 4.69) is 114 Å². The predicted molar refractivity (Wildman–Crippen MR) is 292 cm³/mol. The Hall–Kier alpha value is -8.22. The maximum absolute atomic E-state index is 13.2. The zero-order valence-corrected chi connectivity index (χ0v) is 42.9. The van der Waals surface area contributed by atoms with Crippen molar-refractivity contribution >= 4 is 56.5 Å². The average molecular weight is 1020 g/mol. The Morgan fingerprint density at radius 3 is 1.28 bits per heavy atom. The average Bonchev–Trinajstić information content (AvgIpc) is 4.13. The van der Waals surface area contributed by atoms with E-state index in [9.17, 15) is 19.2 Å². The van der Waals surface area contributed by atoms with Gasteiger partial charge in [0.2, 0.25) is 0 Å². The first-order chi connectivity index (χ1) is 36.9. The van der Waals surface area contributed by atoms with Crippen LogP contribution in [0, 0.1) is 0 Å². The molecule has 12 rings (SSSR count). The quantitative estimate of drug-likeness (QED) is 0.125. The molecule has 0 fully saturated rings. The molecule has 6 aromatic carbocycles. The summed E-state index contributed by atoms with van der Waals surface area (Å²) in [6.45, 7) is 7.43. The number of carbonyl (C=O) groups is 4. The number of nitrogens with two attached hydrogens (primary N) is 3. The monoisotopic (exact) mass is 1020 g/mol. The van der Waals surface area contributed by atoms with Gasteiger partial charge in [-0.15, -0.1) is 0 Å². The molecule has 0 saturated carbocycles. The lowest BCUT2D eigenvalue weighted by atomic mass is 10.0. The highest BCUT2D eigenvalue weighted by Crippen LogP contribution is 2.34. The summed E-state index contributed by atoms with van der Waals surface area (Å²) in [5, 5.41) is 3.81. The molecule has 0 amide bonds. The summed E-state index contributed by atoms with van der Waals surface area (Å²) in [5.74, 6) is 13.0. The zero-order chi connectivity index (χ0) is 53.0. The van der Waals surface area contributed by atoms with Gasteiger partial charge in [0.25, 0.3) is 5.91 Å². The second-order valence-electron chi connectivity index (χ2n) is 19.8. The van der Waals surface area contributed by atoms with Crippen molar-refractivity contribution in [2.24, 2.45) is 17.7 Å². The number of rotatable bonds is 8. The molecule has 0 bridgehead atoms. The van der Waals surface area contributed by atoms with Crippen LogP contribution in [0.1, 0.15) is 86.3 Å². The predicted octanol–water partition coefficient (Wildman–Crippen LogP) is 7.76. The lowest BCUT2D eigenvalue weighted by Gasteiger charge is -2.24. The van der Waals surface area contributed by atoms with Gasteiger partial charge in [-0.25, -0.2) is 14.4 Å².